The number of carboxylic acids is 1. The summed E-state index contributed by atoms with van der Waals surface area (Å²) in [6.07, 6.45) is 5.44. The largest absolute Gasteiger partial charge is 0.478 e. The SMILES string of the molecule is CCC1CCN(Cc2ccc(/C=C/C(=O)O)s2)C1. The first-order valence-corrected chi connectivity index (χ1v) is 7.21. The highest BCUT2D eigenvalue weighted by molar-refractivity contribution is 7.12. The summed E-state index contributed by atoms with van der Waals surface area (Å²) in [5.41, 5.74) is 0. The molecule has 1 aliphatic heterocycles. The maximum atomic E-state index is 10.4. The lowest BCUT2D eigenvalue weighted by molar-refractivity contribution is -0.131. The minimum Gasteiger partial charge on any atom is -0.478 e. The molecular formula is C14H19NO2S. The summed E-state index contributed by atoms with van der Waals surface area (Å²) >= 11 is 1.68. The zero-order valence-corrected chi connectivity index (χ0v) is 11.4. The lowest BCUT2D eigenvalue weighted by Gasteiger charge is -2.13. The Morgan fingerprint density at radius 2 is 2.44 bits per heavy atom. The molecule has 0 aromatic carbocycles. The van der Waals surface area contributed by atoms with Crippen LogP contribution in [0.15, 0.2) is 18.2 Å². The zero-order chi connectivity index (χ0) is 13.0. The molecule has 2 heterocycles. The van der Waals surface area contributed by atoms with E-state index in [1.165, 1.54) is 36.9 Å². The van der Waals surface area contributed by atoms with Gasteiger partial charge in [0.25, 0.3) is 0 Å². The molecule has 1 saturated heterocycles. The average molecular weight is 265 g/mol. The Balaban J connectivity index is 1.89. The van der Waals surface area contributed by atoms with Gasteiger partial charge in [-0.2, -0.15) is 0 Å². The van der Waals surface area contributed by atoms with E-state index in [9.17, 15) is 4.79 Å². The van der Waals surface area contributed by atoms with Gasteiger partial charge in [0.1, 0.15) is 0 Å². The van der Waals surface area contributed by atoms with Crippen molar-refractivity contribution in [3.8, 4) is 0 Å². The fraction of sp³-hybridized carbons (Fsp3) is 0.500. The average Bonchev–Trinajstić information content (AvgIpc) is 2.96. The normalized spacial score (nSPS) is 20.8. The highest BCUT2D eigenvalue weighted by Gasteiger charge is 2.20. The summed E-state index contributed by atoms with van der Waals surface area (Å²) in [6.45, 7) is 5.65. The van der Waals surface area contributed by atoms with Crippen molar-refractivity contribution in [2.45, 2.75) is 26.3 Å². The smallest absolute Gasteiger partial charge is 0.328 e. The quantitative estimate of drug-likeness (QED) is 0.832. The van der Waals surface area contributed by atoms with Crippen LogP contribution in [0.3, 0.4) is 0 Å². The monoisotopic (exact) mass is 265 g/mol. The molecular weight excluding hydrogens is 246 g/mol. The summed E-state index contributed by atoms with van der Waals surface area (Å²) in [7, 11) is 0. The van der Waals surface area contributed by atoms with E-state index in [1.54, 1.807) is 17.4 Å². The third-order valence-corrected chi connectivity index (χ3v) is 4.43. The minimum atomic E-state index is -0.893. The number of thiophene rings is 1. The van der Waals surface area contributed by atoms with Crippen LogP contribution >= 0.6 is 11.3 Å². The molecule has 0 spiro atoms. The highest BCUT2D eigenvalue weighted by atomic mass is 32.1. The molecule has 1 aromatic heterocycles. The molecule has 1 aliphatic rings. The van der Waals surface area contributed by atoms with E-state index >= 15 is 0 Å². The third-order valence-electron chi connectivity index (χ3n) is 3.40. The molecule has 0 aliphatic carbocycles. The van der Waals surface area contributed by atoms with Crippen molar-refractivity contribution in [2.75, 3.05) is 13.1 Å². The number of rotatable bonds is 5. The molecule has 1 fully saturated rings. The minimum absolute atomic E-state index is 0.858. The van der Waals surface area contributed by atoms with Crippen molar-refractivity contribution in [3.63, 3.8) is 0 Å². The molecule has 4 heteroatoms. The summed E-state index contributed by atoms with van der Waals surface area (Å²) in [4.78, 5) is 15.3. The Morgan fingerprint density at radius 1 is 1.61 bits per heavy atom. The molecule has 3 nitrogen and oxygen atoms in total. The number of aliphatic carboxylic acids is 1. The van der Waals surface area contributed by atoms with Gasteiger partial charge in [-0.05, 0) is 37.1 Å². The first-order chi connectivity index (χ1) is 8.67. The van der Waals surface area contributed by atoms with E-state index in [0.29, 0.717) is 0 Å². The summed E-state index contributed by atoms with van der Waals surface area (Å²) < 4.78 is 0. The Kier molecular flexibility index (Phi) is 4.55. The Hall–Kier alpha value is -1.13. The molecule has 1 N–H and O–H groups in total. The van der Waals surface area contributed by atoms with Crippen LogP contribution in [0.4, 0.5) is 0 Å². The molecule has 1 aromatic rings. The first kappa shape index (κ1) is 13.3. The number of carboxylic acid groups (broad SMARTS) is 1. The number of carbonyl (C=O) groups is 1. The highest BCUT2D eigenvalue weighted by Crippen LogP contribution is 2.24. The molecule has 2 rings (SSSR count). The van der Waals surface area contributed by atoms with Crippen molar-refractivity contribution >= 4 is 23.4 Å². The van der Waals surface area contributed by atoms with Crippen LogP contribution in [0.1, 0.15) is 29.5 Å². The van der Waals surface area contributed by atoms with Crippen LogP contribution in [0.2, 0.25) is 0 Å². The van der Waals surface area contributed by atoms with Gasteiger partial charge in [-0.25, -0.2) is 4.79 Å². The Morgan fingerprint density at radius 3 is 3.11 bits per heavy atom. The van der Waals surface area contributed by atoms with Crippen LogP contribution in [-0.4, -0.2) is 29.1 Å². The second-order valence-corrected chi connectivity index (χ2v) is 5.97. The summed E-state index contributed by atoms with van der Waals surface area (Å²) in [6, 6.07) is 4.10. The molecule has 18 heavy (non-hydrogen) atoms. The van der Waals surface area contributed by atoms with Crippen molar-refractivity contribution in [3.05, 3.63) is 28.0 Å². The standard InChI is InChI=1S/C14H19NO2S/c1-2-11-7-8-15(9-11)10-13-4-3-12(18-13)5-6-14(16)17/h3-6,11H,2,7-10H2,1H3,(H,16,17)/b6-5+. The van der Waals surface area contributed by atoms with Crippen LogP contribution in [0.5, 0.6) is 0 Å². The van der Waals surface area contributed by atoms with Gasteiger partial charge in [0, 0.05) is 28.9 Å². The molecule has 1 atom stereocenters. The Labute approximate surface area is 112 Å². The molecule has 1 unspecified atom stereocenters. The van der Waals surface area contributed by atoms with E-state index in [4.69, 9.17) is 5.11 Å². The maximum absolute atomic E-state index is 10.4. The van der Waals surface area contributed by atoms with Gasteiger partial charge in [0.05, 0.1) is 0 Å². The third kappa shape index (κ3) is 3.68. The second kappa shape index (κ2) is 6.16. The molecule has 98 valence electrons. The first-order valence-electron chi connectivity index (χ1n) is 6.39. The van der Waals surface area contributed by atoms with E-state index in [1.807, 2.05) is 6.07 Å². The van der Waals surface area contributed by atoms with Crippen molar-refractivity contribution in [1.82, 2.24) is 4.90 Å². The van der Waals surface area contributed by atoms with Crippen LogP contribution in [-0.2, 0) is 11.3 Å². The van der Waals surface area contributed by atoms with E-state index in [2.05, 4.69) is 17.9 Å². The topological polar surface area (TPSA) is 40.5 Å². The van der Waals surface area contributed by atoms with E-state index in [0.717, 1.165) is 17.3 Å². The van der Waals surface area contributed by atoms with Crippen LogP contribution in [0, 0.1) is 5.92 Å². The zero-order valence-electron chi connectivity index (χ0n) is 10.6. The van der Waals surface area contributed by atoms with Crippen LogP contribution < -0.4 is 0 Å². The van der Waals surface area contributed by atoms with Gasteiger partial charge in [-0.3, -0.25) is 4.90 Å². The number of nitrogens with zero attached hydrogens (tertiary/aromatic N) is 1. The fourth-order valence-electron chi connectivity index (χ4n) is 2.33. The summed E-state index contributed by atoms with van der Waals surface area (Å²) in [5.74, 6) is -0.0355. The van der Waals surface area contributed by atoms with Crippen LogP contribution in [0.25, 0.3) is 6.08 Å². The summed E-state index contributed by atoms with van der Waals surface area (Å²) in [5, 5.41) is 8.58. The van der Waals surface area contributed by atoms with Gasteiger partial charge in [-0.15, -0.1) is 11.3 Å². The van der Waals surface area contributed by atoms with E-state index < -0.39 is 5.97 Å². The van der Waals surface area contributed by atoms with Gasteiger partial charge >= 0.3 is 5.97 Å². The number of likely N-dealkylation sites (tertiary alicyclic amines) is 1. The predicted molar refractivity (Wildman–Crippen MR) is 74.7 cm³/mol. The van der Waals surface area contributed by atoms with E-state index in [-0.39, 0.29) is 0 Å². The van der Waals surface area contributed by atoms with Gasteiger partial charge < -0.3 is 5.11 Å². The van der Waals surface area contributed by atoms with Crippen molar-refractivity contribution < 1.29 is 9.90 Å². The van der Waals surface area contributed by atoms with Crippen molar-refractivity contribution in [1.29, 1.82) is 0 Å². The van der Waals surface area contributed by atoms with Gasteiger partial charge in [-0.1, -0.05) is 13.3 Å². The lowest BCUT2D eigenvalue weighted by atomic mass is 10.1. The lowest BCUT2D eigenvalue weighted by Crippen LogP contribution is -2.19. The molecule has 0 bridgehead atoms. The molecule has 0 amide bonds. The van der Waals surface area contributed by atoms with Gasteiger partial charge in [0.15, 0.2) is 0 Å². The van der Waals surface area contributed by atoms with Crippen molar-refractivity contribution in [2.24, 2.45) is 5.92 Å². The number of hydrogen-bond acceptors (Lipinski definition) is 3. The second-order valence-electron chi connectivity index (χ2n) is 4.77. The Bertz CT molecular complexity index is 439. The maximum Gasteiger partial charge on any atom is 0.328 e. The van der Waals surface area contributed by atoms with Gasteiger partial charge in [0.2, 0.25) is 0 Å². The molecule has 0 radical (unpaired) electrons. The molecule has 0 saturated carbocycles. The number of hydrogen-bond donors (Lipinski definition) is 1. The fourth-order valence-corrected chi connectivity index (χ4v) is 3.29. The predicted octanol–water partition coefficient (Wildman–Crippen LogP) is 3.08.